The first-order chi connectivity index (χ1) is 13.7. The van der Waals surface area contributed by atoms with Gasteiger partial charge in [0.2, 0.25) is 5.91 Å². The second kappa shape index (κ2) is 7.64. The van der Waals surface area contributed by atoms with Gasteiger partial charge in [-0.25, -0.2) is 0 Å². The third-order valence-electron chi connectivity index (χ3n) is 6.08. The number of fused-ring (bicyclic) bond motifs is 1. The minimum Gasteiger partial charge on any atom is -0.369 e. The number of carbonyl (C=O) groups is 1. The molecule has 2 unspecified atom stereocenters. The fraction of sp³-hybridized carbons (Fsp3) is 0.292. The van der Waals surface area contributed by atoms with Crippen LogP contribution >= 0.6 is 0 Å². The molecule has 0 bridgehead atoms. The molecule has 4 rings (SSSR count). The van der Waals surface area contributed by atoms with E-state index in [1.165, 1.54) is 5.69 Å². The highest BCUT2D eigenvalue weighted by Gasteiger charge is 2.52. The molecule has 0 aromatic heterocycles. The first-order valence-electron chi connectivity index (χ1n) is 9.89. The molecule has 0 aliphatic carbocycles. The number of allylic oxidation sites excluding steroid dienone is 1. The molecule has 28 heavy (non-hydrogen) atoms. The molecule has 0 spiro atoms. The van der Waals surface area contributed by atoms with Crippen LogP contribution in [0.3, 0.4) is 0 Å². The molecule has 4 nitrogen and oxygen atoms in total. The summed E-state index contributed by atoms with van der Waals surface area (Å²) in [6.07, 6.45) is 4.40. The standard InChI is InChI=1S/C24H27N3O/c1-3-14-24(20-12-8-9-13-21(20)25-23(24)28)22(4-2)27-17-15-26(16-18-27)19-10-6-5-7-11-19/h3-13,22H,1-2,14-18H2,(H,25,28). The van der Waals surface area contributed by atoms with Crippen molar-refractivity contribution < 1.29 is 4.79 Å². The van der Waals surface area contributed by atoms with E-state index in [1.807, 2.05) is 36.4 Å². The molecule has 1 N–H and O–H groups in total. The van der Waals surface area contributed by atoms with Gasteiger partial charge in [-0.1, -0.05) is 48.6 Å². The number of hydrogen-bond acceptors (Lipinski definition) is 3. The summed E-state index contributed by atoms with van der Waals surface area (Å²) in [6.45, 7) is 11.7. The quantitative estimate of drug-likeness (QED) is 0.782. The van der Waals surface area contributed by atoms with Gasteiger partial charge in [0, 0.05) is 43.6 Å². The number of amides is 1. The predicted molar refractivity (Wildman–Crippen MR) is 116 cm³/mol. The van der Waals surface area contributed by atoms with E-state index in [4.69, 9.17) is 0 Å². The maximum absolute atomic E-state index is 13.2. The summed E-state index contributed by atoms with van der Waals surface area (Å²) in [5.41, 5.74) is 2.54. The molecule has 0 saturated carbocycles. The number of rotatable bonds is 6. The van der Waals surface area contributed by atoms with Crippen LogP contribution in [0.1, 0.15) is 12.0 Å². The van der Waals surface area contributed by atoms with Crippen molar-refractivity contribution in [2.24, 2.45) is 0 Å². The van der Waals surface area contributed by atoms with Crippen LogP contribution in [0.5, 0.6) is 0 Å². The monoisotopic (exact) mass is 373 g/mol. The second-order valence-corrected chi connectivity index (χ2v) is 7.50. The molecule has 2 aliphatic rings. The first kappa shape index (κ1) is 18.5. The Morgan fingerprint density at radius 3 is 2.36 bits per heavy atom. The van der Waals surface area contributed by atoms with Crippen molar-refractivity contribution in [3.05, 3.63) is 85.5 Å². The summed E-state index contributed by atoms with van der Waals surface area (Å²) in [5.74, 6) is 0.0454. The summed E-state index contributed by atoms with van der Waals surface area (Å²) in [4.78, 5) is 18.0. The van der Waals surface area contributed by atoms with E-state index < -0.39 is 5.41 Å². The third-order valence-corrected chi connectivity index (χ3v) is 6.08. The van der Waals surface area contributed by atoms with Crippen molar-refractivity contribution in [3.8, 4) is 0 Å². The molecule has 2 aromatic rings. The van der Waals surface area contributed by atoms with Crippen LogP contribution in [0.2, 0.25) is 0 Å². The van der Waals surface area contributed by atoms with Gasteiger partial charge >= 0.3 is 0 Å². The summed E-state index contributed by atoms with van der Waals surface area (Å²) < 4.78 is 0. The predicted octanol–water partition coefficient (Wildman–Crippen LogP) is 3.83. The lowest BCUT2D eigenvalue weighted by Gasteiger charge is -2.45. The van der Waals surface area contributed by atoms with Crippen LogP contribution in [-0.2, 0) is 10.2 Å². The van der Waals surface area contributed by atoms with E-state index in [9.17, 15) is 4.79 Å². The lowest BCUT2D eigenvalue weighted by molar-refractivity contribution is -0.122. The van der Waals surface area contributed by atoms with Gasteiger partial charge in [-0.3, -0.25) is 9.69 Å². The molecule has 0 radical (unpaired) electrons. The van der Waals surface area contributed by atoms with E-state index in [2.05, 4.69) is 58.6 Å². The zero-order chi connectivity index (χ0) is 19.6. The number of piperazine rings is 1. The van der Waals surface area contributed by atoms with Crippen LogP contribution in [-0.4, -0.2) is 43.0 Å². The van der Waals surface area contributed by atoms with Gasteiger partial charge in [0.05, 0.1) is 5.41 Å². The Morgan fingerprint density at radius 2 is 1.68 bits per heavy atom. The number of benzene rings is 2. The zero-order valence-corrected chi connectivity index (χ0v) is 16.2. The van der Waals surface area contributed by atoms with Crippen LogP contribution in [0.4, 0.5) is 11.4 Å². The summed E-state index contributed by atoms with van der Waals surface area (Å²) in [6, 6.07) is 18.4. The zero-order valence-electron chi connectivity index (χ0n) is 16.2. The maximum Gasteiger partial charge on any atom is 0.237 e. The van der Waals surface area contributed by atoms with Gasteiger partial charge in [0.1, 0.15) is 0 Å². The fourth-order valence-corrected chi connectivity index (χ4v) is 4.74. The van der Waals surface area contributed by atoms with Crippen LogP contribution in [0.25, 0.3) is 0 Å². The highest BCUT2D eigenvalue weighted by molar-refractivity contribution is 6.07. The number of anilines is 2. The number of hydrogen-bond donors (Lipinski definition) is 1. The average molecular weight is 374 g/mol. The van der Waals surface area contributed by atoms with Crippen molar-refractivity contribution in [2.45, 2.75) is 17.9 Å². The van der Waals surface area contributed by atoms with E-state index in [0.717, 1.165) is 37.4 Å². The molecule has 1 fully saturated rings. The molecular formula is C24H27N3O. The van der Waals surface area contributed by atoms with Crippen molar-refractivity contribution in [1.29, 1.82) is 0 Å². The van der Waals surface area contributed by atoms with Crippen LogP contribution < -0.4 is 10.2 Å². The second-order valence-electron chi connectivity index (χ2n) is 7.50. The summed E-state index contributed by atoms with van der Waals surface area (Å²) in [5, 5.41) is 3.09. The topological polar surface area (TPSA) is 35.6 Å². The fourth-order valence-electron chi connectivity index (χ4n) is 4.74. The van der Waals surface area contributed by atoms with E-state index >= 15 is 0 Å². The molecule has 1 saturated heterocycles. The number of para-hydroxylation sites is 2. The number of nitrogens with zero attached hydrogens (tertiary/aromatic N) is 2. The average Bonchev–Trinajstić information content (AvgIpc) is 3.02. The van der Waals surface area contributed by atoms with Crippen LogP contribution in [0.15, 0.2) is 79.9 Å². The molecule has 144 valence electrons. The molecular weight excluding hydrogens is 346 g/mol. The largest absolute Gasteiger partial charge is 0.369 e. The molecule has 2 heterocycles. The smallest absolute Gasteiger partial charge is 0.237 e. The van der Waals surface area contributed by atoms with Gasteiger partial charge in [-0.15, -0.1) is 13.2 Å². The minimum atomic E-state index is -0.672. The minimum absolute atomic E-state index is 0.0454. The van der Waals surface area contributed by atoms with Gasteiger partial charge in [-0.05, 0) is 30.2 Å². The SMILES string of the molecule is C=CCC1(C(C=C)N2CCN(c3ccccc3)CC2)C(=O)Nc2ccccc21. The highest BCUT2D eigenvalue weighted by Crippen LogP contribution is 2.45. The van der Waals surface area contributed by atoms with Gasteiger partial charge in [-0.2, -0.15) is 0 Å². The molecule has 4 heteroatoms. The molecule has 2 atom stereocenters. The Bertz CT molecular complexity index is 870. The van der Waals surface area contributed by atoms with E-state index in [0.29, 0.717) is 6.42 Å². The Balaban J connectivity index is 1.62. The maximum atomic E-state index is 13.2. The summed E-state index contributed by atoms with van der Waals surface area (Å²) >= 11 is 0. The van der Waals surface area contributed by atoms with Crippen molar-refractivity contribution >= 4 is 17.3 Å². The Morgan fingerprint density at radius 1 is 1.00 bits per heavy atom. The van der Waals surface area contributed by atoms with E-state index in [1.54, 1.807) is 0 Å². The highest BCUT2D eigenvalue weighted by atomic mass is 16.2. The van der Waals surface area contributed by atoms with Crippen molar-refractivity contribution in [1.82, 2.24) is 4.90 Å². The van der Waals surface area contributed by atoms with Crippen molar-refractivity contribution in [3.63, 3.8) is 0 Å². The summed E-state index contributed by atoms with van der Waals surface area (Å²) in [7, 11) is 0. The normalized spacial score (nSPS) is 23.0. The first-order valence-corrected chi connectivity index (χ1v) is 9.89. The lowest BCUT2D eigenvalue weighted by Crippen LogP contribution is -2.58. The molecule has 2 aromatic carbocycles. The van der Waals surface area contributed by atoms with E-state index in [-0.39, 0.29) is 11.9 Å². The van der Waals surface area contributed by atoms with Crippen LogP contribution in [0, 0.1) is 0 Å². The Labute approximate surface area is 167 Å². The molecule has 2 aliphatic heterocycles. The molecule has 1 amide bonds. The van der Waals surface area contributed by atoms with Gasteiger partial charge in [0.25, 0.3) is 0 Å². The Kier molecular flexibility index (Phi) is 5.05. The van der Waals surface area contributed by atoms with Gasteiger partial charge in [0.15, 0.2) is 0 Å². The van der Waals surface area contributed by atoms with Crippen molar-refractivity contribution in [2.75, 3.05) is 36.4 Å². The lowest BCUT2D eigenvalue weighted by atomic mass is 9.71. The Hall–Kier alpha value is -2.85. The van der Waals surface area contributed by atoms with Gasteiger partial charge < -0.3 is 10.2 Å². The number of carbonyl (C=O) groups excluding carboxylic acids is 1. The number of nitrogens with one attached hydrogen (secondary N) is 1. The third kappa shape index (κ3) is 2.94.